The molecule has 5 rings (SSSR count). The van der Waals surface area contributed by atoms with E-state index < -0.39 is 0 Å². The topological polar surface area (TPSA) is 73.3 Å². The fraction of sp³-hybridized carbons (Fsp3) is 0.136. The van der Waals surface area contributed by atoms with Crippen LogP contribution < -0.4 is 5.73 Å². The number of aromatic nitrogens is 3. The Morgan fingerprint density at radius 3 is 2.64 bits per heavy atom. The fourth-order valence-electron chi connectivity index (χ4n) is 3.91. The number of hydrogen-bond donors (Lipinski definition) is 1. The molecule has 5 nitrogen and oxygen atoms in total. The molecule has 2 aromatic heterocycles. The van der Waals surface area contributed by atoms with Crippen LogP contribution in [0.15, 0.2) is 60.7 Å². The number of rotatable bonds is 2. The SMILES string of the molecule is Nc1nc(-c2ccccc2)c2cc3c(nn12)CC(c1cccc(Cl)c1)CC3=O. The minimum Gasteiger partial charge on any atom is -0.368 e. The third-order valence-corrected chi connectivity index (χ3v) is 5.50. The van der Waals surface area contributed by atoms with Crippen LogP contribution >= 0.6 is 11.6 Å². The monoisotopic (exact) mass is 388 g/mol. The molecule has 138 valence electrons. The molecular weight excluding hydrogens is 372 g/mol. The van der Waals surface area contributed by atoms with Crippen molar-refractivity contribution in [2.24, 2.45) is 0 Å². The average Bonchev–Trinajstić information content (AvgIpc) is 3.03. The zero-order valence-corrected chi connectivity index (χ0v) is 15.7. The lowest BCUT2D eigenvalue weighted by Crippen LogP contribution is -2.21. The highest BCUT2D eigenvalue weighted by Gasteiger charge is 2.29. The molecule has 6 heteroatoms. The Bertz CT molecular complexity index is 1220. The maximum atomic E-state index is 12.9. The second-order valence-corrected chi connectivity index (χ2v) is 7.51. The first-order valence-electron chi connectivity index (χ1n) is 9.12. The van der Waals surface area contributed by atoms with Gasteiger partial charge < -0.3 is 5.73 Å². The van der Waals surface area contributed by atoms with E-state index in [0.29, 0.717) is 29.4 Å². The molecule has 2 aromatic carbocycles. The van der Waals surface area contributed by atoms with Crippen LogP contribution in [-0.4, -0.2) is 20.4 Å². The van der Waals surface area contributed by atoms with Gasteiger partial charge in [-0.2, -0.15) is 9.61 Å². The summed E-state index contributed by atoms with van der Waals surface area (Å²) in [6.07, 6.45) is 1.10. The molecule has 1 aliphatic rings. The molecule has 0 saturated heterocycles. The van der Waals surface area contributed by atoms with Gasteiger partial charge in [0.2, 0.25) is 5.95 Å². The van der Waals surface area contributed by atoms with Crippen LogP contribution in [0.25, 0.3) is 16.8 Å². The lowest BCUT2D eigenvalue weighted by Gasteiger charge is -2.23. The molecule has 0 bridgehead atoms. The number of fused-ring (bicyclic) bond motifs is 2. The lowest BCUT2D eigenvalue weighted by molar-refractivity contribution is 0.0963. The number of anilines is 1. The predicted molar refractivity (Wildman–Crippen MR) is 110 cm³/mol. The Hall–Kier alpha value is -3.18. The Balaban J connectivity index is 1.62. The summed E-state index contributed by atoms with van der Waals surface area (Å²) in [6.45, 7) is 0. The minimum atomic E-state index is 0.0574. The molecule has 0 amide bonds. The van der Waals surface area contributed by atoms with Gasteiger partial charge in [0.05, 0.1) is 11.2 Å². The van der Waals surface area contributed by atoms with Gasteiger partial charge in [-0.05, 0) is 36.1 Å². The van der Waals surface area contributed by atoms with Crippen molar-refractivity contribution in [3.8, 4) is 11.3 Å². The van der Waals surface area contributed by atoms with Crippen molar-refractivity contribution in [2.75, 3.05) is 5.73 Å². The van der Waals surface area contributed by atoms with Gasteiger partial charge in [-0.25, -0.2) is 4.98 Å². The van der Waals surface area contributed by atoms with Gasteiger partial charge in [0.15, 0.2) is 5.78 Å². The second-order valence-electron chi connectivity index (χ2n) is 7.07. The van der Waals surface area contributed by atoms with E-state index >= 15 is 0 Å². The summed E-state index contributed by atoms with van der Waals surface area (Å²) in [5.74, 6) is 0.455. The van der Waals surface area contributed by atoms with Crippen molar-refractivity contribution in [2.45, 2.75) is 18.8 Å². The Kier molecular flexibility index (Phi) is 3.91. The number of Topliss-reactive ketones (excluding diaryl/α,β-unsaturated/α-hetero) is 1. The molecule has 1 atom stereocenters. The number of carbonyl (C=O) groups excluding carboxylic acids is 1. The molecule has 0 fully saturated rings. The highest BCUT2D eigenvalue weighted by atomic mass is 35.5. The number of halogens is 1. The second kappa shape index (κ2) is 6.46. The molecular formula is C22H17ClN4O. The van der Waals surface area contributed by atoms with E-state index in [-0.39, 0.29) is 11.7 Å². The van der Waals surface area contributed by atoms with E-state index in [9.17, 15) is 4.79 Å². The number of carbonyl (C=O) groups is 1. The zero-order valence-electron chi connectivity index (χ0n) is 15.0. The first-order chi connectivity index (χ1) is 13.6. The number of benzene rings is 2. The Labute approximate surface area is 166 Å². The number of hydrogen-bond acceptors (Lipinski definition) is 4. The molecule has 4 aromatic rings. The van der Waals surface area contributed by atoms with Gasteiger partial charge in [-0.1, -0.05) is 54.1 Å². The van der Waals surface area contributed by atoms with Crippen molar-refractivity contribution in [1.82, 2.24) is 14.6 Å². The third kappa shape index (κ3) is 2.75. The first-order valence-corrected chi connectivity index (χ1v) is 9.50. The molecule has 1 aliphatic carbocycles. The number of nitrogen functional groups attached to an aromatic ring is 1. The van der Waals surface area contributed by atoms with E-state index in [1.165, 1.54) is 0 Å². The number of ketones is 1. The summed E-state index contributed by atoms with van der Waals surface area (Å²) >= 11 is 6.13. The average molecular weight is 389 g/mol. The fourth-order valence-corrected chi connectivity index (χ4v) is 4.11. The first kappa shape index (κ1) is 17.0. The molecule has 2 heterocycles. The van der Waals surface area contributed by atoms with E-state index in [4.69, 9.17) is 17.3 Å². The molecule has 2 N–H and O–H groups in total. The smallest absolute Gasteiger partial charge is 0.222 e. The quantitative estimate of drug-likeness (QED) is 0.547. The highest BCUT2D eigenvalue weighted by molar-refractivity contribution is 6.30. The summed E-state index contributed by atoms with van der Waals surface area (Å²) in [5, 5.41) is 5.36. The Morgan fingerprint density at radius 1 is 1.04 bits per heavy atom. The largest absolute Gasteiger partial charge is 0.368 e. The van der Waals surface area contributed by atoms with Crippen LogP contribution in [0.5, 0.6) is 0 Å². The van der Waals surface area contributed by atoms with Crippen molar-refractivity contribution in [3.05, 3.63) is 82.5 Å². The molecule has 1 unspecified atom stereocenters. The highest BCUT2D eigenvalue weighted by Crippen LogP contribution is 2.35. The molecule has 0 radical (unpaired) electrons. The van der Waals surface area contributed by atoms with E-state index in [2.05, 4.69) is 10.1 Å². The predicted octanol–water partition coefficient (Wildman–Crippen LogP) is 4.54. The van der Waals surface area contributed by atoms with E-state index in [1.54, 1.807) is 4.52 Å². The maximum Gasteiger partial charge on any atom is 0.222 e. The molecule has 0 spiro atoms. The van der Waals surface area contributed by atoms with Crippen LogP contribution in [0.1, 0.15) is 34.0 Å². The van der Waals surface area contributed by atoms with Gasteiger partial charge in [0, 0.05) is 22.6 Å². The van der Waals surface area contributed by atoms with Crippen molar-refractivity contribution in [3.63, 3.8) is 0 Å². The third-order valence-electron chi connectivity index (χ3n) is 5.27. The summed E-state index contributed by atoms with van der Waals surface area (Å²) in [5.41, 5.74) is 11.0. The van der Waals surface area contributed by atoms with Gasteiger partial charge in [-0.3, -0.25) is 4.79 Å². The molecule has 0 aliphatic heterocycles. The van der Waals surface area contributed by atoms with Crippen LogP contribution in [0.2, 0.25) is 5.02 Å². The number of nitrogens with two attached hydrogens (primary N) is 1. The van der Waals surface area contributed by atoms with Crippen molar-refractivity contribution in [1.29, 1.82) is 0 Å². The summed E-state index contributed by atoms with van der Waals surface area (Å²) < 4.78 is 1.63. The zero-order chi connectivity index (χ0) is 19.3. The summed E-state index contributed by atoms with van der Waals surface area (Å²) in [7, 11) is 0. The van der Waals surface area contributed by atoms with Crippen LogP contribution in [0, 0.1) is 0 Å². The molecule has 0 saturated carbocycles. The van der Waals surface area contributed by atoms with Crippen LogP contribution in [0.4, 0.5) is 5.95 Å². The number of imidazole rings is 1. The maximum absolute atomic E-state index is 12.9. The number of nitrogens with zero attached hydrogens (tertiary/aromatic N) is 3. The molecule has 28 heavy (non-hydrogen) atoms. The lowest BCUT2D eigenvalue weighted by atomic mass is 9.82. The van der Waals surface area contributed by atoms with E-state index in [0.717, 1.165) is 28.0 Å². The summed E-state index contributed by atoms with van der Waals surface area (Å²) in [6, 6.07) is 19.3. The standard InChI is InChI=1S/C22H17ClN4O/c23-16-8-4-7-14(9-16)15-10-18-17(20(28)11-15)12-19-21(13-5-2-1-3-6-13)25-22(24)27(19)26-18/h1-9,12,15H,10-11H2,(H2,24,25). The summed E-state index contributed by atoms with van der Waals surface area (Å²) in [4.78, 5) is 17.4. The van der Waals surface area contributed by atoms with Crippen molar-refractivity contribution < 1.29 is 4.79 Å². The Morgan fingerprint density at radius 2 is 1.86 bits per heavy atom. The van der Waals surface area contributed by atoms with Crippen molar-refractivity contribution >= 4 is 28.8 Å². The van der Waals surface area contributed by atoms with Crippen LogP contribution in [-0.2, 0) is 6.42 Å². The van der Waals surface area contributed by atoms with Gasteiger partial charge in [0.25, 0.3) is 0 Å². The van der Waals surface area contributed by atoms with Crippen LogP contribution in [0.3, 0.4) is 0 Å². The van der Waals surface area contributed by atoms with E-state index in [1.807, 2.05) is 60.7 Å². The van der Waals surface area contributed by atoms with Gasteiger partial charge >= 0.3 is 0 Å². The van der Waals surface area contributed by atoms with Gasteiger partial charge in [-0.15, -0.1) is 0 Å². The minimum absolute atomic E-state index is 0.0574. The normalized spacial score (nSPS) is 16.3. The van der Waals surface area contributed by atoms with Gasteiger partial charge in [0.1, 0.15) is 5.69 Å².